The molecule has 0 saturated carbocycles. The van der Waals surface area contributed by atoms with Crippen molar-refractivity contribution in [2.45, 2.75) is 13.2 Å². The highest BCUT2D eigenvalue weighted by molar-refractivity contribution is 5.85. The summed E-state index contributed by atoms with van der Waals surface area (Å²) in [6.07, 6.45) is 5.13. The first kappa shape index (κ1) is 16.2. The molecule has 0 aliphatic rings. The van der Waals surface area contributed by atoms with Crippen LogP contribution in [0.1, 0.15) is 11.1 Å². The number of aromatic amines is 1. The number of hydrogen-bond donors (Lipinski definition) is 2. The highest BCUT2D eigenvalue weighted by atomic mass is 16.3. The average Bonchev–Trinajstić information content (AvgIpc) is 3.13. The molecule has 26 heavy (non-hydrogen) atoms. The topological polar surface area (TPSA) is 90.8 Å². The number of hydrogen-bond acceptors (Lipinski definition) is 6. The van der Waals surface area contributed by atoms with Gasteiger partial charge in [0.2, 0.25) is 0 Å². The average molecular weight is 346 g/mol. The first-order chi connectivity index (χ1) is 12.7. The summed E-state index contributed by atoms with van der Waals surface area (Å²) in [5, 5.41) is 9.18. The van der Waals surface area contributed by atoms with E-state index in [4.69, 9.17) is 0 Å². The van der Waals surface area contributed by atoms with Gasteiger partial charge in [0.15, 0.2) is 11.5 Å². The number of aliphatic hydroxyl groups is 1. The molecule has 0 spiro atoms. The Bertz CT molecular complexity index is 1010. The Labute approximate surface area is 150 Å². The molecule has 0 saturated heterocycles. The van der Waals surface area contributed by atoms with Crippen LogP contribution in [0.25, 0.3) is 22.6 Å². The van der Waals surface area contributed by atoms with Crippen LogP contribution in [0.4, 0.5) is 5.82 Å². The van der Waals surface area contributed by atoms with Gasteiger partial charge in [-0.15, -0.1) is 0 Å². The van der Waals surface area contributed by atoms with E-state index in [0.29, 0.717) is 12.2 Å². The molecule has 2 N–H and O–H groups in total. The fraction of sp³-hybridized carbons (Fsp3) is 0.158. The van der Waals surface area contributed by atoms with Crippen LogP contribution in [-0.4, -0.2) is 37.1 Å². The number of H-pyrrole nitrogens is 1. The number of rotatable bonds is 5. The summed E-state index contributed by atoms with van der Waals surface area (Å²) in [7, 11) is 1.98. The highest BCUT2D eigenvalue weighted by Gasteiger charge is 2.14. The van der Waals surface area contributed by atoms with Crippen LogP contribution in [0.15, 0.2) is 55.1 Å². The predicted molar refractivity (Wildman–Crippen MR) is 99.4 cm³/mol. The van der Waals surface area contributed by atoms with Crippen molar-refractivity contribution in [1.82, 2.24) is 24.9 Å². The Morgan fingerprint density at radius 3 is 2.65 bits per heavy atom. The molecule has 4 rings (SSSR count). The van der Waals surface area contributed by atoms with E-state index >= 15 is 0 Å². The normalized spacial score (nSPS) is 11.0. The smallest absolute Gasteiger partial charge is 0.183 e. The van der Waals surface area contributed by atoms with Crippen molar-refractivity contribution in [3.63, 3.8) is 0 Å². The molecular formula is C19H18N6O. The van der Waals surface area contributed by atoms with E-state index in [1.165, 1.54) is 6.33 Å². The van der Waals surface area contributed by atoms with E-state index in [2.05, 4.69) is 24.9 Å². The van der Waals surface area contributed by atoms with E-state index in [-0.39, 0.29) is 6.61 Å². The minimum atomic E-state index is 0.0230. The molecular weight excluding hydrogens is 328 g/mol. The minimum absolute atomic E-state index is 0.0230. The summed E-state index contributed by atoms with van der Waals surface area (Å²) in [6, 6.07) is 11.6. The number of pyridine rings is 1. The van der Waals surface area contributed by atoms with Crippen molar-refractivity contribution in [2.75, 3.05) is 11.9 Å². The van der Waals surface area contributed by atoms with Crippen LogP contribution in [0.5, 0.6) is 0 Å². The maximum Gasteiger partial charge on any atom is 0.183 e. The van der Waals surface area contributed by atoms with Gasteiger partial charge in [-0.05, 0) is 17.2 Å². The molecule has 0 fully saturated rings. The number of benzene rings is 1. The number of aliphatic hydroxyl groups excluding tert-OH is 1. The van der Waals surface area contributed by atoms with E-state index in [9.17, 15) is 5.11 Å². The number of imidazole rings is 1. The second-order valence-electron chi connectivity index (χ2n) is 6.05. The monoisotopic (exact) mass is 346 g/mol. The Morgan fingerprint density at radius 1 is 1.08 bits per heavy atom. The first-order valence-corrected chi connectivity index (χ1v) is 8.25. The van der Waals surface area contributed by atoms with Gasteiger partial charge in [-0.1, -0.05) is 30.3 Å². The number of fused-ring (bicyclic) bond motifs is 1. The molecule has 0 unspecified atom stereocenters. The molecule has 0 radical (unpaired) electrons. The minimum Gasteiger partial charge on any atom is -0.392 e. The summed E-state index contributed by atoms with van der Waals surface area (Å²) in [5.41, 5.74) is 4.30. The van der Waals surface area contributed by atoms with Gasteiger partial charge in [-0.3, -0.25) is 4.98 Å². The van der Waals surface area contributed by atoms with Crippen molar-refractivity contribution in [2.24, 2.45) is 0 Å². The molecule has 0 aliphatic carbocycles. The van der Waals surface area contributed by atoms with E-state index in [1.54, 1.807) is 6.20 Å². The molecule has 0 amide bonds. The number of nitrogens with zero attached hydrogens (tertiary/aromatic N) is 5. The van der Waals surface area contributed by atoms with Gasteiger partial charge in [0.1, 0.15) is 17.7 Å². The van der Waals surface area contributed by atoms with E-state index in [0.717, 1.165) is 33.8 Å². The fourth-order valence-electron chi connectivity index (χ4n) is 2.85. The van der Waals surface area contributed by atoms with Gasteiger partial charge in [0.05, 0.1) is 6.61 Å². The summed E-state index contributed by atoms with van der Waals surface area (Å²) < 4.78 is 0. The van der Waals surface area contributed by atoms with Gasteiger partial charge in [0, 0.05) is 31.5 Å². The molecule has 4 aromatic rings. The number of aromatic nitrogens is 5. The van der Waals surface area contributed by atoms with Gasteiger partial charge in [0.25, 0.3) is 0 Å². The van der Waals surface area contributed by atoms with Crippen molar-refractivity contribution < 1.29 is 5.11 Å². The number of anilines is 1. The lowest BCUT2D eigenvalue weighted by atomic mass is 10.1. The maximum absolute atomic E-state index is 9.18. The first-order valence-electron chi connectivity index (χ1n) is 8.25. The van der Waals surface area contributed by atoms with E-state index < -0.39 is 0 Å². The SMILES string of the molecule is CN(Cc1cccnc1)c1ncnc2nc(-c3ccc(CO)cc3)[nH]c12. The van der Waals surface area contributed by atoms with Gasteiger partial charge >= 0.3 is 0 Å². The largest absolute Gasteiger partial charge is 0.392 e. The van der Waals surface area contributed by atoms with Crippen molar-refractivity contribution in [1.29, 1.82) is 0 Å². The van der Waals surface area contributed by atoms with Crippen LogP contribution in [-0.2, 0) is 13.2 Å². The lowest BCUT2D eigenvalue weighted by Crippen LogP contribution is -2.18. The van der Waals surface area contributed by atoms with E-state index in [1.807, 2.05) is 54.5 Å². The van der Waals surface area contributed by atoms with Gasteiger partial charge in [-0.2, -0.15) is 0 Å². The second kappa shape index (κ2) is 6.89. The Balaban J connectivity index is 1.68. The zero-order chi connectivity index (χ0) is 17.9. The van der Waals surface area contributed by atoms with Gasteiger partial charge in [-0.25, -0.2) is 15.0 Å². The standard InChI is InChI=1S/C19H18N6O/c1-25(10-14-3-2-8-20-9-14)19-16-18(21-12-22-19)24-17(23-16)15-6-4-13(11-26)5-7-15/h2-9,12,26H,10-11H2,1H3,(H,21,22,23,24). The molecule has 7 heteroatoms. The second-order valence-corrected chi connectivity index (χ2v) is 6.05. The fourth-order valence-corrected chi connectivity index (χ4v) is 2.85. The molecule has 3 heterocycles. The summed E-state index contributed by atoms with van der Waals surface area (Å²) in [4.78, 5) is 22.8. The van der Waals surface area contributed by atoms with Gasteiger partial charge < -0.3 is 15.0 Å². The third-order valence-corrected chi connectivity index (χ3v) is 4.18. The third kappa shape index (κ3) is 3.12. The molecule has 0 atom stereocenters. The maximum atomic E-state index is 9.18. The third-order valence-electron chi connectivity index (χ3n) is 4.18. The summed E-state index contributed by atoms with van der Waals surface area (Å²) in [6.45, 7) is 0.703. The molecule has 0 bridgehead atoms. The Morgan fingerprint density at radius 2 is 1.92 bits per heavy atom. The quantitative estimate of drug-likeness (QED) is 0.577. The zero-order valence-corrected chi connectivity index (χ0v) is 14.3. The van der Waals surface area contributed by atoms with Crippen LogP contribution in [0, 0.1) is 0 Å². The molecule has 1 aromatic carbocycles. The number of nitrogens with one attached hydrogen (secondary N) is 1. The molecule has 3 aromatic heterocycles. The molecule has 0 aliphatic heterocycles. The summed E-state index contributed by atoms with van der Waals surface area (Å²) in [5.74, 6) is 1.51. The molecule has 130 valence electrons. The lowest BCUT2D eigenvalue weighted by molar-refractivity contribution is 0.282. The van der Waals surface area contributed by atoms with Crippen LogP contribution in [0.3, 0.4) is 0 Å². The Kier molecular flexibility index (Phi) is 4.28. The summed E-state index contributed by atoms with van der Waals surface area (Å²) >= 11 is 0. The van der Waals surface area contributed by atoms with Crippen molar-refractivity contribution >= 4 is 17.0 Å². The predicted octanol–water partition coefficient (Wildman–Crippen LogP) is 2.54. The highest BCUT2D eigenvalue weighted by Crippen LogP contribution is 2.25. The Hall–Kier alpha value is -3.32. The van der Waals surface area contributed by atoms with Crippen LogP contribution < -0.4 is 4.90 Å². The lowest BCUT2D eigenvalue weighted by Gasteiger charge is -2.18. The van der Waals surface area contributed by atoms with Crippen LogP contribution in [0.2, 0.25) is 0 Å². The zero-order valence-electron chi connectivity index (χ0n) is 14.3. The molecule has 7 nitrogen and oxygen atoms in total. The van der Waals surface area contributed by atoms with Crippen LogP contribution >= 0.6 is 0 Å². The van der Waals surface area contributed by atoms with Crippen molar-refractivity contribution in [3.8, 4) is 11.4 Å². The van der Waals surface area contributed by atoms with Crippen molar-refractivity contribution in [3.05, 3.63) is 66.2 Å².